The van der Waals surface area contributed by atoms with E-state index in [4.69, 9.17) is 19.9 Å². The summed E-state index contributed by atoms with van der Waals surface area (Å²) in [4.78, 5) is 20.1. The Bertz CT molecular complexity index is 2200. The van der Waals surface area contributed by atoms with Crippen molar-refractivity contribution in [1.82, 2.24) is 19.9 Å². The molecule has 43 heavy (non-hydrogen) atoms. The number of hydrogen-bond acceptors (Lipinski definition) is 4. The molecule has 0 spiro atoms. The molecule has 0 fully saturated rings. The summed E-state index contributed by atoms with van der Waals surface area (Å²) in [6.07, 6.45) is 1.95. The van der Waals surface area contributed by atoms with Crippen LogP contribution in [0.25, 0.3) is 78.4 Å². The van der Waals surface area contributed by atoms with Crippen molar-refractivity contribution < 1.29 is 0 Å². The van der Waals surface area contributed by atoms with Gasteiger partial charge in [-0.25, -0.2) is 15.0 Å². The van der Waals surface area contributed by atoms with Crippen LogP contribution in [0.1, 0.15) is 25.0 Å². The molecule has 2 aromatic heterocycles. The lowest BCUT2D eigenvalue weighted by Crippen LogP contribution is -2.16. The Morgan fingerprint density at radius 2 is 1.09 bits per heavy atom. The highest BCUT2D eigenvalue weighted by Gasteiger charge is 2.40. The van der Waals surface area contributed by atoms with Crippen LogP contribution in [0.5, 0.6) is 0 Å². The lowest BCUT2D eigenvalue weighted by atomic mass is 9.78. The van der Waals surface area contributed by atoms with Crippen molar-refractivity contribution in [3.05, 3.63) is 133 Å². The summed E-state index contributed by atoms with van der Waals surface area (Å²) >= 11 is 0. The highest BCUT2D eigenvalue weighted by atomic mass is 15.0. The summed E-state index contributed by atoms with van der Waals surface area (Å²) in [6, 6.07) is 40.2. The van der Waals surface area contributed by atoms with Crippen LogP contribution >= 0.6 is 0 Å². The molecule has 0 atom stereocenters. The van der Waals surface area contributed by atoms with Gasteiger partial charge in [-0.15, -0.1) is 0 Å². The fraction of sp³-hybridized carbons (Fsp3) is 0.0769. The summed E-state index contributed by atoms with van der Waals surface area (Å²) in [6.45, 7) is 4.70. The fourth-order valence-corrected chi connectivity index (χ4v) is 7.17. The number of benzene rings is 5. The molecular formula is C39H26N4. The molecule has 2 aliphatic carbocycles. The van der Waals surface area contributed by atoms with Gasteiger partial charge in [-0.05, 0) is 38.8 Å². The van der Waals surface area contributed by atoms with Gasteiger partial charge in [0, 0.05) is 39.3 Å². The first-order chi connectivity index (χ1) is 21.1. The second-order valence-electron chi connectivity index (χ2n) is 11.9. The SMILES string of the molecule is CC1(C)c2ccccc2-c2ccc3c(c21)-c1cccc2c(-c4nc(-c5ccccc5)nc(-c5ccccc5)n4)cnc-3c12. The van der Waals surface area contributed by atoms with Crippen LogP contribution in [-0.2, 0) is 5.41 Å². The Balaban J connectivity index is 1.29. The molecule has 4 heteroatoms. The number of fused-ring (bicyclic) bond motifs is 7. The van der Waals surface area contributed by atoms with E-state index in [0.717, 1.165) is 33.2 Å². The van der Waals surface area contributed by atoms with E-state index in [1.165, 1.54) is 38.9 Å². The highest BCUT2D eigenvalue weighted by molar-refractivity contribution is 6.18. The highest BCUT2D eigenvalue weighted by Crippen LogP contribution is 2.58. The molecule has 7 aromatic rings. The number of aromatic nitrogens is 4. The van der Waals surface area contributed by atoms with E-state index in [1.54, 1.807) is 0 Å². The van der Waals surface area contributed by atoms with Gasteiger partial charge in [0.25, 0.3) is 0 Å². The predicted octanol–water partition coefficient (Wildman–Crippen LogP) is 9.37. The van der Waals surface area contributed by atoms with Gasteiger partial charge in [0.15, 0.2) is 17.5 Å². The lowest BCUT2D eigenvalue weighted by Gasteiger charge is -2.24. The minimum atomic E-state index is -0.117. The smallest absolute Gasteiger partial charge is 0.166 e. The van der Waals surface area contributed by atoms with E-state index in [0.29, 0.717) is 17.5 Å². The minimum absolute atomic E-state index is 0.117. The zero-order chi connectivity index (χ0) is 28.7. The van der Waals surface area contributed by atoms with Gasteiger partial charge in [-0.2, -0.15) is 0 Å². The van der Waals surface area contributed by atoms with Gasteiger partial charge < -0.3 is 0 Å². The van der Waals surface area contributed by atoms with E-state index < -0.39 is 0 Å². The maximum atomic E-state index is 5.12. The van der Waals surface area contributed by atoms with Crippen LogP contribution in [0.3, 0.4) is 0 Å². The molecule has 0 saturated carbocycles. The third-order valence-electron chi connectivity index (χ3n) is 9.10. The third kappa shape index (κ3) is 3.38. The topological polar surface area (TPSA) is 51.6 Å². The molecule has 5 aromatic carbocycles. The first-order valence-corrected chi connectivity index (χ1v) is 14.7. The Kier molecular flexibility index (Phi) is 4.92. The van der Waals surface area contributed by atoms with E-state index in [1.807, 2.05) is 66.9 Å². The molecule has 0 radical (unpaired) electrons. The van der Waals surface area contributed by atoms with Crippen molar-refractivity contribution >= 4 is 10.8 Å². The van der Waals surface area contributed by atoms with Crippen molar-refractivity contribution in [2.24, 2.45) is 0 Å². The number of rotatable bonds is 3. The average molecular weight is 551 g/mol. The molecule has 0 N–H and O–H groups in total. The van der Waals surface area contributed by atoms with Crippen molar-refractivity contribution in [1.29, 1.82) is 0 Å². The van der Waals surface area contributed by atoms with E-state index in [-0.39, 0.29) is 5.41 Å². The summed E-state index contributed by atoms with van der Waals surface area (Å²) in [5, 5.41) is 2.27. The Labute approximate surface area is 249 Å². The summed E-state index contributed by atoms with van der Waals surface area (Å²) in [7, 11) is 0. The van der Waals surface area contributed by atoms with Gasteiger partial charge >= 0.3 is 0 Å². The molecule has 0 amide bonds. The Morgan fingerprint density at radius 1 is 0.488 bits per heavy atom. The van der Waals surface area contributed by atoms with Gasteiger partial charge in [-0.1, -0.05) is 129 Å². The number of pyridine rings is 1. The monoisotopic (exact) mass is 550 g/mol. The second-order valence-corrected chi connectivity index (χ2v) is 11.9. The standard InChI is InChI=1S/C39H26N4/c1-39(2)31-19-10-9-16-25(31)27-20-21-29-32(34(27)39)28-18-11-17-26-30(22-40-35(29)33(26)28)38-42-36(23-12-5-3-6-13-23)41-37(43-38)24-14-7-4-8-15-24/h3-22H,1-2H3. The van der Waals surface area contributed by atoms with Crippen LogP contribution in [0.2, 0.25) is 0 Å². The first kappa shape index (κ1) is 24.2. The summed E-state index contributed by atoms with van der Waals surface area (Å²) in [5.41, 5.74) is 12.9. The fourth-order valence-electron chi connectivity index (χ4n) is 7.17. The quantitative estimate of drug-likeness (QED) is 0.220. The van der Waals surface area contributed by atoms with E-state index in [2.05, 4.69) is 68.4 Å². The normalized spacial score (nSPS) is 13.5. The average Bonchev–Trinajstić information content (AvgIpc) is 3.51. The molecule has 0 unspecified atom stereocenters. The summed E-state index contributed by atoms with van der Waals surface area (Å²) in [5.74, 6) is 1.92. The molecule has 2 heterocycles. The van der Waals surface area contributed by atoms with Crippen LogP contribution in [-0.4, -0.2) is 19.9 Å². The van der Waals surface area contributed by atoms with Gasteiger partial charge in [0.2, 0.25) is 0 Å². The number of nitrogens with zero attached hydrogens (tertiary/aromatic N) is 4. The molecule has 9 rings (SSSR count). The third-order valence-corrected chi connectivity index (χ3v) is 9.10. The molecule has 0 saturated heterocycles. The van der Waals surface area contributed by atoms with E-state index in [9.17, 15) is 0 Å². The predicted molar refractivity (Wildman–Crippen MR) is 173 cm³/mol. The molecule has 2 aliphatic rings. The van der Waals surface area contributed by atoms with Crippen molar-refractivity contribution in [2.75, 3.05) is 0 Å². The largest absolute Gasteiger partial charge is 0.255 e. The maximum absolute atomic E-state index is 5.12. The lowest BCUT2D eigenvalue weighted by molar-refractivity contribution is 0.662. The molecule has 202 valence electrons. The number of hydrogen-bond donors (Lipinski definition) is 0. The minimum Gasteiger partial charge on any atom is -0.255 e. The molecular weight excluding hydrogens is 524 g/mol. The van der Waals surface area contributed by atoms with E-state index >= 15 is 0 Å². The van der Waals surface area contributed by atoms with Gasteiger partial charge in [0.1, 0.15) is 0 Å². The first-order valence-electron chi connectivity index (χ1n) is 14.7. The molecule has 4 nitrogen and oxygen atoms in total. The van der Waals surface area contributed by atoms with Crippen LogP contribution in [0.4, 0.5) is 0 Å². The maximum Gasteiger partial charge on any atom is 0.166 e. The second kappa shape index (κ2) is 8.76. The van der Waals surface area contributed by atoms with Crippen LogP contribution in [0, 0.1) is 0 Å². The zero-order valence-electron chi connectivity index (χ0n) is 23.8. The van der Waals surface area contributed by atoms with Crippen LogP contribution < -0.4 is 0 Å². The van der Waals surface area contributed by atoms with Crippen molar-refractivity contribution in [3.63, 3.8) is 0 Å². The molecule has 0 aliphatic heterocycles. The van der Waals surface area contributed by atoms with Crippen molar-refractivity contribution in [3.8, 4) is 67.7 Å². The van der Waals surface area contributed by atoms with Crippen molar-refractivity contribution in [2.45, 2.75) is 19.3 Å². The summed E-state index contributed by atoms with van der Waals surface area (Å²) < 4.78 is 0. The zero-order valence-corrected chi connectivity index (χ0v) is 23.8. The van der Waals surface area contributed by atoms with Gasteiger partial charge in [-0.3, -0.25) is 4.98 Å². The molecule has 0 bridgehead atoms. The van der Waals surface area contributed by atoms with Crippen LogP contribution in [0.15, 0.2) is 121 Å². The Morgan fingerprint density at radius 3 is 1.81 bits per heavy atom. The Hall–Kier alpha value is -5.48. The van der Waals surface area contributed by atoms with Gasteiger partial charge in [0.05, 0.1) is 5.69 Å².